The fourth-order valence-corrected chi connectivity index (χ4v) is 3.45. The minimum atomic E-state index is 0.379. The van der Waals surface area contributed by atoms with Crippen molar-refractivity contribution in [1.82, 2.24) is 19.7 Å². The minimum absolute atomic E-state index is 0.379. The molecule has 0 N–H and O–H groups in total. The van der Waals surface area contributed by atoms with Gasteiger partial charge >= 0.3 is 0 Å². The quantitative estimate of drug-likeness (QED) is 0.853. The molecule has 3 rings (SSSR count). The number of aryl methyl sites for hydroxylation is 2. The number of likely N-dealkylation sites (tertiary alicyclic amines) is 1. The molecule has 3 heterocycles. The summed E-state index contributed by atoms with van der Waals surface area (Å²) in [4.78, 5) is 6.97. The van der Waals surface area contributed by atoms with Crippen molar-refractivity contribution < 1.29 is 4.74 Å². The van der Waals surface area contributed by atoms with Crippen LogP contribution in [0.2, 0.25) is 0 Å². The van der Waals surface area contributed by atoms with Crippen LogP contribution in [0.4, 0.5) is 0 Å². The first kappa shape index (κ1) is 14.6. The highest BCUT2D eigenvalue weighted by molar-refractivity contribution is 4.89. The van der Waals surface area contributed by atoms with Crippen LogP contribution in [0.3, 0.4) is 0 Å². The summed E-state index contributed by atoms with van der Waals surface area (Å²) in [6, 6.07) is 0. The molecule has 0 saturated carbocycles. The number of nitrogens with zero attached hydrogens (tertiary/aromatic N) is 4. The topological polar surface area (TPSA) is 43.2 Å². The molecule has 2 aliphatic rings. The molecule has 1 saturated heterocycles. The van der Waals surface area contributed by atoms with Crippen LogP contribution in [0, 0.1) is 19.8 Å². The Balaban J connectivity index is 1.53. The van der Waals surface area contributed by atoms with Crippen LogP contribution < -0.4 is 0 Å². The van der Waals surface area contributed by atoms with Gasteiger partial charge in [-0.15, -0.1) is 0 Å². The number of hydrogen-bond acceptors (Lipinski definition) is 4. The molecule has 5 nitrogen and oxygen atoms in total. The zero-order valence-electron chi connectivity index (χ0n) is 13.2. The van der Waals surface area contributed by atoms with Crippen molar-refractivity contribution in [2.45, 2.75) is 52.2 Å². The smallest absolute Gasteiger partial charge is 0.147 e. The van der Waals surface area contributed by atoms with E-state index < -0.39 is 0 Å². The highest BCUT2D eigenvalue weighted by Gasteiger charge is 2.24. The van der Waals surface area contributed by atoms with Gasteiger partial charge in [-0.05, 0) is 58.1 Å². The summed E-state index contributed by atoms with van der Waals surface area (Å²) in [6.45, 7) is 8.43. The zero-order chi connectivity index (χ0) is 14.7. The van der Waals surface area contributed by atoms with Crippen molar-refractivity contribution >= 4 is 0 Å². The van der Waals surface area contributed by atoms with Crippen LogP contribution in [0.5, 0.6) is 0 Å². The first-order chi connectivity index (χ1) is 10.2. The Morgan fingerprint density at radius 2 is 2.19 bits per heavy atom. The Bertz CT molecular complexity index is 496. The molecule has 1 fully saturated rings. The van der Waals surface area contributed by atoms with E-state index in [1.54, 1.807) is 0 Å². The molecule has 1 aromatic heterocycles. The third-order valence-electron chi connectivity index (χ3n) is 4.48. The number of aromatic nitrogens is 3. The SMILES string of the molecule is Cc1nc(C)n(C[C@H]2CCCN(C[C@H]3CCC=CO3)C2)n1. The fraction of sp³-hybridized carbons (Fsp3) is 0.750. The van der Waals surface area contributed by atoms with E-state index in [1.165, 1.54) is 19.4 Å². The van der Waals surface area contributed by atoms with Crippen LogP contribution in [-0.4, -0.2) is 45.4 Å². The van der Waals surface area contributed by atoms with Gasteiger partial charge in [0.1, 0.15) is 17.8 Å². The van der Waals surface area contributed by atoms with Crippen molar-refractivity contribution in [2.75, 3.05) is 19.6 Å². The Morgan fingerprint density at radius 3 is 2.90 bits per heavy atom. The average Bonchev–Trinajstić information content (AvgIpc) is 2.78. The lowest BCUT2D eigenvalue weighted by Gasteiger charge is -2.35. The maximum absolute atomic E-state index is 5.71. The van der Waals surface area contributed by atoms with Gasteiger partial charge < -0.3 is 4.74 Å². The fourth-order valence-electron chi connectivity index (χ4n) is 3.45. The molecule has 2 aliphatic heterocycles. The van der Waals surface area contributed by atoms with E-state index in [9.17, 15) is 0 Å². The van der Waals surface area contributed by atoms with Crippen molar-refractivity contribution in [3.8, 4) is 0 Å². The number of hydrogen-bond donors (Lipinski definition) is 0. The van der Waals surface area contributed by atoms with Gasteiger partial charge in [0.2, 0.25) is 0 Å². The van der Waals surface area contributed by atoms with Gasteiger partial charge in [-0.2, -0.15) is 5.10 Å². The van der Waals surface area contributed by atoms with E-state index >= 15 is 0 Å². The third kappa shape index (κ3) is 3.84. The Hall–Kier alpha value is -1.36. The summed E-state index contributed by atoms with van der Waals surface area (Å²) in [6.07, 6.45) is 9.24. The Morgan fingerprint density at radius 1 is 1.29 bits per heavy atom. The van der Waals surface area contributed by atoms with Crippen molar-refractivity contribution in [2.24, 2.45) is 5.92 Å². The maximum atomic E-state index is 5.71. The molecule has 0 unspecified atom stereocenters. The summed E-state index contributed by atoms with van der Waals surface area (Å²) in [5, 5.41) is 4.50. The van der Waals surface area contributed by atoms with E-state index in [4.69, 9.17) is 4.74 Å². The number of rotatable bonds is 4. The lowest BCUT2D eigenvalue weighted by molar-refractivity contribution is 0.0570. The van der Waals surface area contributed by atoms with Gasteiger partial charge in [-0.25, -0.2) is 9.67 Å². The second-order valence-electron chi connectivity index (χ2n) is 6.36. The number of ether oxygens (including phenoxy) is 1. The van der Waals surface area contributed by atoms with Gasteiger partial charge in [0, 0.05) is 19.6 Å². The summed E-state index contributed by atoms with van der Waals surface area (Å²) in [5.41, 5.74) is 0. The molecule has 0 spiro atoms. The number of allylic oxidation sites excluding steroid dienone is 1. The van der Waals surface area contributed by atoms with Gasteiger partial charge in [-0.1, -0.05) is 0 Å². The van der Waals surface area contributed by atoms with Crippen LogP contribution in [0.15, 0.2) is 12.3 Å². The van der Waals surface area contributed by atoms with Crippen molar-refractivity contribution in [3.05, 3.63) is 24.0 Å². The van der Waals surface area contributed by atoms with E-state index in [-0.39, 0.29) is 0 Å². The van der Waals surface area contributed by atoms with E-state index in [2.05, 4.69) is 25.7 Å². The number of piperidine rings is 1. The van der Waals surface area contributed by atoms with Gasteiger partial charge in [-0.3, -0.25) is 4.90 Å². The van der Waals surface area contributed by atoms with Gasteiger partial charge in [0.05, 0.1) is 6.26 Å². The van der Waals surface area contributed by atoms with E-state index in [0.717, 1.165) is 44.1 Å². The molecule has 0 radical (unpaired) electrons. The third-order valence-corrected chi connectivity index (χ3v) is 4.48. The highest BCUT2D eigenvalue weighted by atomic mass is 16.5. The average molecular weight is 290 g/mol. The Labute approximate surface area is 127 Å². The summed E-state index contributed by atoms with van der Waals surface area (Å²) >= 11 is 0. The molecule has 2 atom stereocenters. The van der Waals surface area contributed by atoms with Crippen LogP contribution in [0.1, 0.15) is 37.3 Å². The standard InChI is InChI=1S/C16H26N4O/c1-13-17-14(2)20(18-13)11-15-6-5-8-19(10-15)12-16-7-3-4-9-21-16/h4,9,15-16H,3,5-8,10-12H2,1-2H3/t15-,16+/m0/s1. The van der Waals surface area contributed by atoms with E-state index in [1.807, 2.05) is 20.1 Å². The first-order valence-corrected chi connectivity index (χ1v) is 8.11. The molecule has 0 amide bonds. The van der Waals surface area contributed by atoms with E-state index in [0.29, 0.717) is 12.0 Å². The Kier molecular flexibility index (Phi) is 4.58. The zero-order valence-corrected chi connectivity index (χ0v) is 13.2. The molecule has 21 heavy (non-hydrogen) atoms. The molecule has 0 aliphatic carbocycles. The monoisotopic (exact) mass is 290 g/mol. The first-order valence-electron chi connectivity index (χ1n) is 8.11. The predicted octanol–water partition coefficient (Wildman–Crippen LogP) is 2.30. The lowest BCUT2D eigenvalue weighted by atomic mass is 9.97. The maximum Gasteiger partial charge on any atom is 0.147 e. The van der Waals surface area contributed by atoms with Crippen molar-refractivity contribution in [3.63, 3.8) is 0 Å². The molecule has 1 aromatic rings. The van der Waals surface area contributed by atoms with Gasteiger partial charge in [0.15, 0.2) is 0 Å². The van der Waals surface area contributed by atoms with Gasteiger partial charge in [0.25, 0.3) is 0 Å². The normalized spacial score (nSPS) is 26.8. The largest absolute Gasteiger partial charge is 0.497 e. The van der Waals surface area contributed by atoms with Crippen LogP contribution in [-0.2, 0) is 11.3 Å². The molecular weight excluding hydrogens is 264 g/mol. The molecule has 0 aromatic carbocycles. The summed E-state index contributed by atoms with van der Waals surface area (Å²) < 4.78 is 7.78. The predicted molar refractivity (Wildman–Crippen MR) is 81.9 cm³/mol. The van der Waals surface area contributed by atoms with Crippen LogP contribution >= 0.6 is 0 Å². The molecule has 0 bridgehead atoms. The molecule has 116 valence electrons. The highest BCUT2D eigenvalue weighted by Crippen LogP contribution is 2.21. The minimum Gasteiger partial charge on any atom is -0.497 e. The summed E-state index contributed by atoms with van der Waals surface area (Å²) in [5.74, 6) is 2.59. The second kappa shape index (κ2) is 6.60. The van der Waals surface area contributed by atoms with Crippen LogP contribution in [0.25, 0.3) is 0 Å². The van der Waals surface area contributed by atoms with Crippen molar-refractivity contribution in [1.29, 1.82) is 0 Å². The lowest BCUT2D eigenvalue weighted by Crippen LogP contribution is -2.42. The summed E-state index contributed by atoms with van der Waals surface area (Å²) in [7, 11) is 0. The second-order valence-corrected chi connectivity index (χ2v) is 6.36. The molecule has 5 heteroatoms. The molecular formula is C16H26N4O.